The van der Waals surface area contributed by atoms with Crippen LogP contribution in [-0.2, 0) is 0 Å². The van der Waals surface area contributed by atoms with E-state index in [4.69, 9.17) is 9.84 Å². The number of hydrogen-bond acceptors (Lipinski definition) is 5. The Morgan fingerprint density at radius 3 is 2.85 bits per heavy atom. The Labute approximate surface area is 113 Å². The minimum absolute atomic E-state index is 0.0850. The van der Waals surface area contributed by atoms with E-state index >= 15 is 0 Å². The van der Waals surface area contributed by atoms with Crippen LogP contribution in [-0.4, -0.2) is 38.0 Å². The van der Waals surface area contributed by atoms with Crippen LogP contribution in [0.15, 0.2) is 36.7 Å². The molecule has 0 saturated carbocycles. The van der Waals surface area contributed by atoms with Gasteiger partial charge in [-0.15, -0.1) is 10.2 Å². The lowest BCUT2D eigenvalue weighted by molar-refractivity contribution is 0.0689. The highest BCUT2D eigenvalue weighted by Gasteiger charge is 2.16. The molecule has 0 aliphatic rings. The molecule has 0 radical (unpaired) electrons. The van der Waals surface area contributed by atoms with E-state index in [2.05, 4.69) is 15.3 Å². The van der Waals surface area contributed by atoms with Crippen LogP contribution in [0.25, 0.3) is 16.8 Å². The zero-order valence-corrected chi connectivity index (χ0v) is 10.5. The summed E-state index contributed by atoms with van der Waals surface area (Å²) < 4.78 is 6.64. The van der Waals surface area contributed by atoms with Crippen LogP contribution in [0.3, 0.4) is 0 Å². The molecule has 3 aromatic rings. The van der Waals surface area contributed by atoms with E-state index in [1.54, 1.807) is 13.2 Å². The highest BCUT2D eigenvalue weighted by molar-refractivity contribution is 5.90. The standard InChI is InChI=1S/C13H10N4O3/c1-20-11-5-3-2-4-8(11)9-6-10(13(18)19)16-17-7-14-15-12(9)17/h2-7H,1H3,(H,18,19). The van der Waals surface area contributed by atoms with Crippen molar-refractivity contribution in [1.82, 2.24) is 19.8 Å². The molecule has 0 fully saturated rings. The third kappa shape index (κ3) is 1.85. The number of ether oxygens (including phenoxy) is 1. The van der Waals surface area contributed by atoms with Gasteiger partial charge in [-0.05, 0) is 12.1 Å². The zero-order valence-electron chi connectivity index (χ0n) is 10.5. The first-order valence-corrected chi connectivity index (χ1v) is 5.78. The monoisotopic (exact) mass is 270 g/mol. The number of nitrogens with zero attached hydrogens (tertiary/aromatic N) is 4. The van der Waals surface area contributed by atoms with Crippen LogP contribution in [0.1, 0.15) is 10.5 Å². The van der Waals surface area contributed by atoms with Gasteiger partial charge in [0.25, 0.3) is 0 Å². The molecule has 0 aliphatic carbocycles. The van der Waals surface area contributed by atoms with Gasteiger partial charge in [-0.25, -0.2) is 4.79 Å². The second-order valence-electron chi connectivity index (χ2n) is 4.05. The van der Waals surface area contributed by atoms with Crippen molar-refractivity contribution >= 4 is 11.6 Å². The summed E-state index contributed by atoms with van der Waals surface area (Å²) in [4.78, 5) is 11.2. The summed E-state index contributed by atoms with van der Waals surface area (Å²) in [6, 6.07) is 8.76. The normalized spacial score (nSPS) is 10.7. The topological polar surface area (TPSA) is 89.6 Å². The molecule has 7 heteroatoms. The lowest BCUT2D eigenvalue weighted by Crippen LogP contribution is -2.06. The van der Waals surface area contributed by atoms with Gasteiger partial charge in [-0.2, -0.15) is 9.61 Å². The molecule has 0 amide bonds. The van der Waals surface area contributed by atoms with Crippen molar-refractivity contribution < 1.29 is 14.6 Å². The van der Waals surface area contributed by atoms with Crippen LogP contribution >= 0.6 is 0 Å². The molecule has 0 spiro atoms. The Balaban J connectivity index is 2.34. The fourth-order valence-corrected chi connectivity index (χ4v) is 2.00. The number of benzene rings is 1. The predicted octanol–water partition coefficient (Wildman–Crippen LogP) is 1.50. The molecule has 2 heterocycles. The first-order chi connectivity index (χ1) is 9.70. The minimum atomic E-state index is -1.11. The highest BCUT2D eigenvalue weighted by atomic mass is 16.5. The lowest BCUT2D eigenvalue weighted by Gasteiger charge is -2.09. The van der Waals surface area contributed by atoms with E-state index in [0.29, 0.717) is 17.0 Å². The van der Waals surface area contributed by atoms with Crippen molar-refractivity contribution in [2.75, 3.05) is 7.11 Å². The van der Waals surface area contributed by atoms with Gasteiger partial charge in [-0.1, -0.05) is 18.2 Å². The van der Waals surface area contributed by atoms with Gasteiger partial charge in [0.05, 0.1) is 7.11 Å². The number of carbonyl (C=O) groups is 1. The number of fused-ring (bicyclic) bond motifs is 1. The fourth-order valence-electron chi connectivity index (χ4n) is 2.00. The first-order valence-electron chi connectivity index (χ1n) is 5.78. The van der Waals surface area contributed by atoms with Crippen LogP contribution in [0, 0.1) is 0 Å². The number of hydrogen-bond donors (Lipinski definition) is 1. The number of aromatic nitrogens is 4. The van der Waals surface area contributed by atoms with E-state index in [9.17, 15) is 4.79 Å². The molecule has 100 valence electrons. The van der Waals surface area contributed by atoms with E-state index in [-0.39, 0.29) is 5.69 Å². The average molecular weight is 270 g/mol. The summed E-state index contributed by atoms with van der Waals surface area (Å²) in [5.41, 5.74) is 1.72. The Morgan fingerprint density at radius 1 is 1.30 bits per heavy atom. The number of carboxylic acid groups (broad SMARTS) is 1. The van der Waals surface area contributed by atoms with Crippen LogP contribution in [0.5, 0.6) is 5.75 Å². The quantitative estimate of drug-likeness (QED) is 0.775. The molecular weight excluding hydrogens is 260 g/mol. The van der Waals surface area contributed by atoms with E-state index < -0.39 is 5.97 Å². The summed E-state index contributed by atoms with van der Waals surface area (Å²) in [5, 5.41) is 20.8. The van der Waals surface area contributed by atoms with Crippen molar-refractivity contribution in [3.05, 3.63) is 42.4 Å². The van der Waals surface area contributed by atoms with Gasteiger partial charge in [0.1, 0.15) is 12.1 Å². The Morgan fingerprint density at radius 2 is 2.10 bits per heavy atom. The van der Waals surface area contributed by atoms with Crippen molar-refractivity contribution in [3.63, 3.8) is 0 Å². The molecule has 0 bridgehead atoms. The van der Waals surface area contributed by atoms with Gasteiger partial charge in [0.15, 0.2) is 11.3 Å². The molecule has 0 saturated heterocycles. The molecule has 20 heavy (non-hydrogen) atoms. The van der Waals surface area contributed by atoms with Crippen molar-refractivity contribution in [3.8, 4) is 16.9 Å². The number of aromatic carboxylic acids is 1. The Hall–Kier alpha value is -2.96. The van der Waals surface area contributed by atoms with Crippen molar-refractivity contribution in [2.24, 2.45) is 0 Å². The van der Waals surface area contributed by atoms with Crippen LogP contribution in [0.2, 0.25) is 0 Å². The molecule has 7 nitrogen and oxygen atoms in total. The zero-order chi connectivity index (χ0) is 14.1. The Bertz CT molecular complexity index is 797. The number of rotatable bonds is 3. The molecule has 2 aromatic heterocycles. The second-order valence-corrected chi connectivity index (χ2v) is 4.05. The average Bonchev–Trinajstić information content (AvgIpc) is 2.94. The summed E-state index contributed by atoms with van der Waals surface area (Å²) in [6.45, 7) is 0. The highest BCUT2D eigenvalue weighted by Crippen LogP contribution is 2.31. The van der Waals surface area contributed by atoms with Gasteiger partial charge in [-0.3, -0.25) is 0 Å². The van der Waals surface area contributed by atoms with Crippen molar-refractivity contribution in [1.29, 1.82) is 0 Å². The largest absolute Gasteiger partial charge is 0.496 e. The molecule has 1 N–H and O–H groups in total. The molecule has 3 rings (SSSR count). The summed E-state index contributed by atoms with van der Waals surface area (Å²) in [6.07, 6.45) is 1.36. The SMILES string of the molecule is COc1ccccc1-c1cc(C(=O)O)nn2cnnc12. The fraction of sp³-hybridized carbons (Fsp3) is 0.0769. The molecular formula is C13H10N4O3. The summed E-state index contributed by atoms with van der Waals surface area (Å²) >= 11 is 0. The van der Waals surface area contributed by atoms with Gasteiger partial charge in [0.2, 0.25) is 0 Å². The summed E-state index contributed by atoms with van der Waals surface area (Å²) in [7, 11) is 1.55. The third-order valence-corrected chi connectivity index (χ3v) is 2.88. The van der Waals surface area contributed by atoms with Crippen LogP contribution < -0.4 is 4.74 Å². The maximum Gasteiger partial charge on any atom is 0.356 e. The number of carboxylic acids is 1. The van der Waals surface area contributed by atoms with Gasteiger partial charge in [0, 0.05) is 11.1 Å². The maximum atomic E-state index is 11.2. The number of para-hydroxylation sites is 1. The molecule has 1 aromatic carbocycles. The maximum absolute atomic E-state index is 11.2. The van der Waals surface area contributed by atoms with Crippen molar-refractivity contribution in [2.45, 2.75) is 0 Å². The molecule has 0 aliphatic heterocycles. The minimum Gasteiger partial charge on any atom is -0.496 e. The number of methoxy groups -OCH3 is 1. The Kier molecular flexibility index (Phi) is 2.79. The van der Waals surface area contributed by atoms with E-state index in [0.717, 1.165) is 5.56 Å². The molecule has 0 unspecified atom stereocenters. The third-order valence-electron chi connectivity index (χ3n) is 2.88. The van der Waals surface area contributed by atoms with Gasteiger partial charge < -0.3 is 9.84 Å². The molecule has 0 atom stereocenters. The predicted molar refractivity (Wildman–Crippen MR) is 69.7 cm³/mol. The van der Waals surface area contributed by atoms with E-state index in [1.165, 1.54) is 16.9 Å². The summed E-state index contributed by atoms with van der Waals surface area (Å²) in [5.74, 6) is -0.489. The smallest absolute Gasteiger partial charge is 0.356 e. The lowest BCUT2D eigenvalue weighted by atomic mass is 10.1. The van der Waals surface area contributed by atoms with E-state index in [1.807, 2.05) is 18.2 Å². The van der Waals surface area contributed by atoms with Gasteiger partial charge >= 0.3 is 5.97 Å². The second kappa shape index (κ2) is 4.61. The first kappa shape index (κ1) is 12.1. The van der Waals surface area contributed by atoms with Crippen LogP contribution in [0.4, 0.5) is 0 Å².